The van der Waals surface area contributed by atoms with Crippen molar-refractivity contribution in [2.24, 2.45) is 0 Å². The van der Waals surface area contributed by atoms with Crippen LogP contribution >= 0.6 is 23.8 Å². The molecule has 1 unspecified atom stereocenters. The molecule has 1 atom stereocenters. The number of anilines is 1. The lowest BCUT2D eigenvalue weighted by Crippen LogP contribution is -2.55. The van der Waals surface area contributed by atoms with Crippen LogP contribution in [0.2, 0.25) is 5.02 Å². The number of rotatable bonds is 4. The van der Waals surface area contributed by atoms with Gasteiger partial charge in [-0.25, -0.2) is 0 Å². The number of nitrogens with zero attached hydrogens (tertiary/aromatic N) is 1. The van der Waals surface area contributed by atoms with Gasteiger partial charge in [0.1, 0.15) is 5.54 Å². The molecule has 2 aromatic rings. The molecule has 1 N–H and O–H groups in total. The summed E-state index contributed by atoms with van der Waals surface area (Å²) in [5.41, 5.74) is 2.19. The molecule has 0 saturated heterocycles. The van der Waals surface area contributed by atoms with E-state index in [0.717, 1.165) is 24.1 Å². The summed E-state index contributed by atoms with van der Waals surface area (Å²) in [6, 6.07) is 15.8. The molecule has 0 bridgehead atoms. The van der Waals surface area contributed by atoms with Gasteiger partial charge in [-0.1, -0.05) is 61.8 Å². The van der Waals surface area contributed by atoms with Gasteiger partial charge in [0.05, 0.1) is 0 Å². The van der Waals surface area contributed by atoms with Crippen LogP contribution in [0.3, 0.4) is 0 Å². The summed E-state index contributed by atoms with van der Waals surface area (Å²) in [4.78, 5) is 15.2. The summed E-state index contributed by atoms with van der Waals surface area (Å²) in [6.07, 6.45) is 3.13. The second-order valence-electron chi connectivity index (χ2n) is 7.70. The number of hydrogen-bond donors (Lipinski definition) is 1. The summed E-state index contributed by atoms with van der Waals surface area (Å²) in [5.74, 6) is 0.543. The van der Waals surface area contributed by atoms with Gasteiger partial charge in [-0.3, -0.25) is 4.79 Å². The Kier molecular flexibility index (Phi) is 6.41. The van der Waals surface area contributed by atoms with Crippen LogP contribution in [0.4, 0.5) is 5.69 Å². The number of hydrogen-bond acceptors (Lipinski definition) is 2. The molecule has 1 aliphatic carbocycles. The minimum atomic E-state index is -0.826. The molecule has 5 heteroatoms. The fourth-order valence-electron chi connectivity index (χ4n) is 4.12. The molecule has 3 rings (SSSR count). The first kappa shape index (κ1) is 20.8. The second-order valence-corrected chi connectivity index (χ2v) is 8.50. The van der Waals surface area contributed by atoms with Crippen LogP contribution in [0.1, 0.15) is 56.6 Å². The lowest BCUT2D eigenvalue weighted by Gasteiger charge is -2.45. The van der Waals surface area contributed by atoms with E-state index in [4.69, 9.17) is 23.8 Å². The summed E-state index contributed by atoms with van der Waals surface area (Å²) in [6.45, 7) is 4.31. The number of carbonyl (C=O) groups excluding carboxylic acids is 1. The number of para-hydroxylation sites is 1. The number of nitrogens with one attached hydrogen (secondary N) is 1. The Balaban J connectivity index is 1.99. The molecule has 3 nitrogen and oxygen atoms in total. The van der Waals surface area contributed by atoms with Gasteiger partial charge >= 0.3 is 0 Å². The van der Waals surface area contributed by atoms with E-state index in [2.05, 4.69) is 25.2 Å². The van der Waals surface area contributed by atoms with Crippen molar-refractivity contribution in [2.75, 3.05) is 12.4 Å². The van der Waals surface area contributed by atoms with Gasteiger partial charge in [0.2, 0.25) is 0 Å². The standard InChI is InChI=1S/C23H27ClN2OS/c1-16(2)17-10-4-7-13-20(17)25-22(28)26(3)23(15-9-8-14-21(23)27)18-11-5-6-12-19(18)24/h4-7,10-13,16H,8-9,14-15H2,1-3H3,(H,25,28). The van der Waals surface area contributed by atoms with Crippen LogP contribution in [0.5, 0.6) is 0 Å². The lowest BCUT2D eigenvalue weighted by molar-refractivity contribution is -0.131. The van der Waals surface area contributed by atoms with E-state index in [1.807, 2.05) is 54.4 Å². The van der Waals surface area contributed by atoms with E-state index in [1.165, 1.54) is 5.56 Å². The number of thiocarbonyl (C=S) groups is 1. The Morgan fingerprint density at radius 1 is 1.14 bits per heavy atom. The summed E-state index contributed by atoms with van der Waals surface area (Å²) < 4.78 is 0. The third kappa shape index (κ3) is 3.81. The van der Waals surface area contributed by atoms with E-state index in [-0.39, 0.29) is 5.78 Å². The first-order chi connectivity index (χ1) is 13.4. The predicted molar refractivity (Wildman–Crippen MR) is 121 cm³/mol. The third-order valence-electron chi connectivity index (χ3n) is 5.67. The lowest BCUT2D eigenvalue weighted by atomic mass is 9.74. The van der Waals surface area contributed by atoms with Crippen molar-refractivity contribution in [1.29, 1.82) is 0 Å². The van der Waals surface area contributed by atoms with Gasteiger partial charge in [-0.05, 0) is 55.1 Å². The molecule has 1 aliphatic rings. The minimum absolute atomic E-state index is 0.177. The Hall–Kier alpha value is -1.91. The molecule has 0 aliphatic heterocycles. The topological polar surface area (TPSA) is 32.3 Å². The van der Waals surface area contributed by atoms with Gasteiger partial charge in [-0.15, -0.1) is 0 Å². The number of carbonyl (C=O) groups is 1. The number of likely N-dealkylation sites (N-methyl/N-ethyl adjacent to an activating group) is 1. The first-order valence-corrected chi connectivity index (χ1v) is 10.6. The predicted octanol–water partition coefficient (Wildman–Crippen LogP) is 6.13. The second kappa shape index (κ2) is 8.62. The fraction of sp³-hybridized carbons (Fsp3) is 0.391. The number of halogens is 1. The molecule has 148 valence electrons. The zero-order valence-electron chi connectivity index (χ0n) is 16.7. The fourth-order valence-corrected chi connectivity index (χ4v) is 4.67. The van der Waals surface area contributed by atoms with E-state index in [1.54, 1.807) is 0 Å². The Morgan fingerprint density at radius 2 is 1.82 bits per heavy atom. The van der Waals surface area contributed by atoms with Gasteiger partial charge in [-0.2, -0.15) is 0 Å². The van der Waals surface area contributed by atoms with Crippen molar-refractivity contribution in [3.05, 3.63) is 64.7 Å². The minimum Gasteiger partial charge on any atom is -0.335 e. The Labute approximate surface area is 178 Å². The summed E-state index contributed by atoms with van der Waals surface area (Å²) in [7, 11) is 1.90. The summed E-state index contributed by atoms with van der Waals surface area (Å²) in [5, 5.41) is 4.52. The van der Waals surface area contributed by atoms with Gasteiger partial charge in [0, 0.05) is 29.7 Å². The highest BCUT2D eigenvalue weighted by Crippen LogP contribution is 2.42. The summed E-state index contributed by atoms with van der Waals surface area (Å²) >= 11 is 12.3. The van der Waals surface area contributed by atoms with Crippen LogP contribution in [-0.4, -0.2) is 22.8 Å². The smallest absolute Gasteiger partial charge is 0.174 e. The molecule has 28 heavy (non-hydrogen) atoms. The van der Waals surface area contributed by atoms with Crippen molar-refractivity contribution in [1.82, 2.24) is 4.90 Å². The zero-order valence-corrected chi connectivity index (χ0v) is 18.2. The number of benzene rings is 2. The average Bonchev–Trinajstić information content (AvgIpc) is 2.69. The molecule has 0 heterocycles. The van der Waals surface area contributed by atoms with Crippen LogP contribution in [0, 0.1) is 0 Å². The largest absolute Gasteiger partial charge is 0.335 e. The maximum absolute atomic E-state index is 13.3. The molecular weight excluding hydrogens is 388 g/mol. The maximum Gasteiger partial charge on any atom is 0.174 e. The Bertz CT molecular complexity index is 882. The van der Waals surface area contributed by atoms with Crippen molar-refractivity contribution < 1.29 is 4.79 Å². The van der Waals surface area contributed by atoms with Gasteiger partial charge < -0.3 is 10.2 Å². The van der Waals surface area contributed by atoms with Gasteiger partial charge in [0.15, 0.2) is 10.9 Å². The van der Waals surface area contributed by atoms with Crippen LogP contribution in [0.25, 0.3) is 0 Å². The van der Waals surface area contributed by atoms with E-state index in [9.17, 15) is 4.79 Å². The quantitative estimate of drug-likeness (QED) is 0.610. The van der Waals surface area contributed by atoms with E-state index >= 15 is 0 Å². The van der Waals surface area contributed by atoms with Gasteiger partial charge in [0.25, 0.3) is 0 Å². The van der Waals surface area contributed by atoms with Crippen molar-refractivity contribution in [2.45, 2.75) is 51.0 Å². The highest BCUT2D eigenvalue weighted by atomic mass is 35.5. The average molecular weight is 415 g/mol. The molecule has 1 fully saturated rings. The highest BCUT2D eigenvalue weighted by Gasteiger charge is 2.47. The van der Waals surface area contributed by atoms with Crippen molar-refractivity contribution in [3.63, 3.8) is 0 Å². The molecule has 0 aromatic heterocycles. The molecule has 2 aromatic carbocycles. The van der Waals surface area contributed by atoms with E-state index < -0.39 is 5.54 Å². The van der Waals surface area contributed by atoms with Crippen LogP contribution in [-0.2, 0) is 10.3 Å². The van der Waals surface area contributed by atoms with E-state index in [0.29, 0.717) is 28.9 Å². The van der Waals surface area contributed by atoms with Crippen LogP contribution in [0.15, 0.2) is 48.5 Å². The molecule has 0 radical (unpaired) electrons. The third-order valence-corrected chi connectivity index (χ3v) is 6.38. The molecule has 0 spiro atoms. The number of ketones is 1. The van der Waals surface area contributed by atoms with Crippen molar-refractivity contribution >= 4 is 40.4 Å². The maximum atomic E-state index is 13.3. The monoisotopic (exact) mass is 414 g/mol. The molecule has 1 saturated carbocycles. The molecular formula is C23H27ClN2OS. The van der Waals surface area contributed by atoms with Crippen molar-refractivity contribution in [3.8, 4) is 0 Å². The first-order valence-electron chi connectivity index (χ1n) is 9.80. The van der Waals surface area contributed by atoms with Crippen LogP contribution < -0.4 is 5.32 Å². The Morgan fingerprint density at radius 3 is 2.50 bits per heavy atom. The zero-order chi connectivity index (χ0) is 20.3. The number of Topliss-reactive ketones (excluding diaryl/α,β-unsaturated/α-hetero) is 1. The SMILES string of the molecule is CC(C)c1ccccc1NC(=S)N(C)C1(c2ccccc2Cl)CCCCC1=O. The normalized spacial score (nSPS) is 19.5. The molecule has 0 amide bonds. The highest BCUT2D eigenvalue weighted by molar-refractivity contribution is 7.80.